The summed E-state index contributed by atoms with van der Waals surface area (Å²) in [5.41, 5.74) is 0.539. The van der Waals surface area contributed by atoms with Gasteiger partial charge in [-0.3, -0.25) is 4.72 Å². The molecule has 0 saturated carbocycles. The number of hydrogen-bond acceptors (Lipinski definition) is 3. The summed E-state index contributed by atoms with van der Waals surface area (Å²) in [6.07, 6.45) is 1.95. The van der Waals surface area contributed by atoms with Crippen LogP contribution in [0.3, 0.4) is 0 Å². The summed E-state index contributed by atoms with van der Waals surface area (Å²) in [6, 6.07) is 13.8. The van der Waals surface area contributed by atoms with Gasteiger partial charge in [-0.2, -0.15) is 0 Å². The van der Waals surface area contributed by atoms with Gasteiger partial charge < -0.3 is 0 Å². The highest BCUT2D eigenvalue weighted by atomic mass is 79.9. The molecule has 2 aromatic carbocycles. The second-order valence-corrected chi connectivity index (χ2v) is 7.27. The maximum absolute atomic E-state index is 12.2. The summed E-state index contributed by atoms with van der Waals surface area (Å²) >= 11 is 4.88. The monoisotopic (exact) mass is 357 g/mol. The minimum Gasteiger partial charge on any atom is -0.280 e. The van der Waals surface area contributed by atoms with E-state index in [-0.39, 0.29) is 4.90 Å². The molecule has 0 bridgehead atoms. The molecule has 0 unspecified atom stereocenters. The van der Waals surface area contributed by atoms with Gasteiger partial charge >= 0.3 is 0 Å². The predicted molar refractivity (Wildman–Crippen MR) is 83.2 cm³/mol. The van der Waals surface area contributed by atoms with Crippen molar-refractivity contribution in [3.05, 3.63) is 53.0 Å². The molecule has 0 amide bonds. The van der Waals surface area contributed by atoms with Crippen LogP contribution in [-0.4, -0.2) is 14.7 Å². The highest BCUT2D eigenvalue weighted by molar-refractivity contribution is 9.10. The molecule has 3 nitrogen and oxygen atoms in total. The van der Waals surface area contributed by atoms with Crippen LogP contribution in [0.15, 0.2) is 62.8 Å². The van der Waals surface area contributed by atoms with E-state index in [0.717, 1.165) is 9.37 Å². The third-order valence-corrected chi connectivity index (χ3v) is 5.14. The summed E-state index contributed by atoms with van der Waals surface area (Å²) in [7, 11) is -3.53. The fourth-order valence-electron chi connectivity index (χ4n) is 1.49. The van der Waals surface area contributed by atoms with Gasteiger partial charge in [-0.05, 0) is 54.8 Å². The van der Waals surface area contributed by atoms with Crippen molar-refractivity contribution in [1.82, 2.24) is 0 Å². The standard InChI is InChI=1S/C13H12BrNO2S2/c1-18-12-6-8-13(9-7-12)19(16,17)15-11-4-2-10(14)3-5-11/h2-9,15H,1H3. The fraction of sp³-hybridized carbons (Fsp3) is 0.0769. The quantitative estimate of drug-likeness (QED) is 0.842. The summed E-state index contributed by atoms with van der Waals surface area (Å²) in [6.45, 7) is 0. The van der Waals surface area contributed by atoms with Crippen LogP contribution in [0, 0.1) is 0 Å². The lowest BCUT2D eigenvalue weighted by Gasteiger charge is -2.08. The largest absolute Gasteiger partial charge is 0.280 e. The highest BCUT2D eigenvalue weighted by Crippen LogP contribution is 2.21. The van der Waals surface area contributed by atoms with E-state index in [1.165, 1.54) is 0 Å². The highest BCUT2D eigenvalue weighted by Gasteiger charge is 2.13. The van der Waals surface area contributed by atoms with Crippen molar-refractivity contribution in [3.8, 4) is 0 Å². The molecule has 100 valence electrons. The van der Waals surface area contributed by atoms with Gasteiger partial charge in [0.25, 0.3) is 10.0 Å². The van der Waals surface area contributed by atoms with E-state index in [2.05, 4.69) is 20.7 Å². The Kier molecular flexibility index (Phi) is 4.54. The molecule has 19 heavy (non-hydrogen) atoms. The third kappa shape index (κ3) is 3.75. The molecular formula is C13H12BrNO2S2. The van der Waals surface area contributed by atoms with Crippen molar-refractivity contribution >= 4 is 43.4 Å². The van der Waals surface area contributed by atoms with Crippen molar-refractivity contribution in [2.45, 2.75) is 9.79 Å². The van der Waals surface area contributed by atoms with Gasteiger partial charge in [0.2, 0.25) is 0 Å². The lowest BCUT2D eigenvalue weighted by Crippen LogP contribution is -2.12. The molecule has 1 N–H and O–H groups in total. The Bertz CT molecular complexity index is 652. The smallest absolute Gasteiger partial charge is 0.261 e. The Balaban J connectivity index is 2.24. The van der Waals surface area contributed by atoms with Crippen LogP contribution in [0.25, 0.3) is 0 Å². The maximum Gasteiger partial charge on any atom is 0.261 e. The zero-order valence-corrected chi connectivity index (χ0v) is 13.3. The van der Waals surface area contributed by atoms with Crippen LogP contribution in [0.1, 0.15) is 0 Å². The van der Waals surface area contributed by atoms with Crippen molar-refractivity contribution in [2.75, 3.05) is 11.0 Å². The van der Waals surface area contributed by atoms with Gasteiger partial charge in [0.15, 0.2) is 0 Å². The molecule has 0 aromatic heterocycles. The topological polar surface area (TPSA) is 46.2 Å². The van der Waals surface area contributed by atoms with Crippen molar-refractivity contribution in [3.63, 3.8) is 0 Å². The van der Waals surface area contributed by atoms with Crippen LogP contribution < -0.4 is 4.72 Å². The van der Waals surface area contributed by atoms with Crippen LogP contribution >= 0.6 is 27.7 Å². The van der Waals surface area contributed by atoms with Crippen molar-refractivity contribution in [1.29, 1.82) is 0 Å². The SMILES string of the molecule is CSc1ccc(S(=O)(=O)Nc2ccc(Br)cc2)cc1. The number of hydrogen-bond donors (Lipinski definition) is 1. The lowest BCUT2D eigenvalue weighted by atomic mass is 10.3. The molecule has 2 rings (SSSR count). The summed E-state index contributed by atoms with van der Waals surface area (Å²) < 4.78 is 27.8. The molecule has 0 heterocycles. The maximum atomic E-state index is 12.2. The number of nitrogens with one attached hydrogen (secondary N) is 1. The van der Waals surface area contributed by atoms with Gasteiger partial charge in [-0.1, -0.05) is 15.9 Å². The molecule has 0 fully saturated rings. The van der Waals surface area contributed by atoms with Gasteiger partial charge in [-0.25, -0.2) is 8.42 Å². The van der Waals surface area contributed by atoms with E-state index in [0.29, 0.717) is 5.69 Å². The minimum atomic E-state index is -3.53. The van der Waals surface area contributed by atoms with Gasteiger partial charge in [0, 0.05) is 15.1 Å². The van der Waals surface area contributed by atoms with E-state index in [4.69, 9.17) is 0 Å². The van der Waals surface area contributed by atoms with Crippen LogP contribution in [-0.2, 0) is 10.0 Å². The Morgan fingerprint density at radius 1 is 1.00 bits per heavy atom. The van der Waals surface area contributed by atoms with Gasteiger partial charge in [0.1, 0.15) is 0 Å². The first kappa shape index (κ1) is 14.4. The normalized spacial score (nSPS) is 11.3. The number of benzene rings is 2. The molecule has 0 aliphatic carbocycles. The molecule has 0 spiro atoms. The second-order valence-electron chi connectivity index (χ2n) is 3.79. The average molecular weight is 358 g/mol. The number of halogens is 1. The van der Waals surface area contributed by atoms with E-state index < -0.39 is 10.0 Å². The van der Waals surface area contributed by atoms with Crippen LogP contribution in [0.4, 0.5) is 5.69 Å². The minimum absolute atomic E-state index is 0.258. The third-order valence-electron chi connectivity index (χ3n) is 2.47. The number of sulfonamides is 1. The molecule has 0 aliphatic heterocycles. The van der Waals surface area contributed by atoms with Crippen LogP contribution in [0.5, 0.6) is 0 Å². The molecule has 6 heteroatoms. The molecule has 0 saturated heterocycles. The Labute approximate surface area is 125 Å². The van der Waals surface area contributed by atoms with Crippen molar-refractivity contribution < 1.29 is 8.42 Å². The summed E-state index contributed by atoms with van der Waals surface area (Å²) in [5.74, 6) is 0. The average Bonchev–Trinajstić information content (AvgIpc) is 2.41. The second kappa shape index (κ2) is 5.98. The predicted octanol–water partition coefficient (Wildman–Crippen LogP) is 3.97. The first-order valence-corrected chi connectivity index (χ1v) is 8.94. The van der Waals surface area contributed by atoms with E-state index in [1.807, 2.05) is 6.26 Å². The Hall–Kier alpha value is -0.980. The molecule has 0 radical (unpaired) electrons. The molecule has 2 aromatic rings. The van der Waals surface area contributed by atoms with Crippen molar-refractivity contribution in [2.24, 2.45) is 0 Å². The number of anilines is 1. The number of rotatable bonds is 4. The van der Waals surface area contributed by atoms with E-state index >= 15 is 0 Å². The zero-order valence-electron chi connectivity index (χ0n) is 10.1. The summed E-state index contributed by atoms with van der Waals surface area (Å²) in [4.78, 5) is 1.29. The first-order chi connectivity index (χ1) is 9.01. The zero-order chi connectivity index (χ0) is 13.9. The Morgan fingerprint density at radius 2 is 1.58 bits per heavy atom. The van der Waals surface area contributed by atoms with Gasteiger partial charge in [-0.15, -0.1) is 11.8 Å². The first-order valence-electron chi connectivity index (χ1n) is 5.44. The Morgan fingerprint density at radius 3 is 2.11 bits per heavy atom. The van der Waals surface area contributed by atoms with Crippen LogP contribution in [0.2, 0.25) is 0 Å². The fourth-order valence-corrected chi connectivity index (χ4v) is 3.22. The molecule has 0 aliphatic rings. The van der Waals surface area contributed by atoms with E-state index in [9.17, 15) is 8.42 Å². The summed E-state index contributed by atoms with van der Waals surface area (Å²) in [5, 5.41) is 0. The number of thioether (sulfide) groups is 1. The molecule has 0 atom stereocenters. The van der Waals surface area contributed by atoms with Gasteiger partial charge in [0.05, 0.1) is 4.90 Å². The molecular weight excluding hydrogens is 346 g/mol. The van der Waals surface area contributed by atoms with E-state index in [1.54, 1.807) is 60.3 Å². The lowest BCUT2D eigenvalue weighted by molar-refractivity contribution is 0.601.